The summed E-state index contributed by atoms with van der Waals surface area (Å²) >= 11 is 5.86. The number of ketones is 1. The summed E-state index contributed by atoms with van der Waals surface area (Å²) < 4.78 is 37.7. The Bertz CT molecular complexity index is 640. The van der Waals surface area contributed by atoms with Gasteiger partial charge in [-0.1, -0.05) is 23.7 Å². The van der Waals surface area contributed by atoms with Crippen molar-refractivity contribution in [2.24, 2.45) is 0 Å². The highest BCUT2D eigenvalue weighted by Crippen LogP contribution is 2.29. The van der Waals surface area contributed by atoms with Gasteiger partial charge in [0.15, 0.2) is 5.78 Å². The van der Waals surface area contributed by atoms with Crippen LogP contribution in [0.15, 0.2) is 42.7 Å². The van der Waals surface area contributed by atoms with Crippen LogP contribution in [0.3, 0.4) is 0 Å². The Morgan fingerprint density at radius 3 is 2.65 bits per heavy atom. The summed E-state index contributed by atoms with van der Waals surface area (Å²) in [6.07, 6.45) is -1.68. The number of pyridine rings is 1. The zero-order valence-corrected chi connectivity index (χ0v) is 10.9. The molecule has 1 heterocycles. The fourth-order valence-corrected chi connectivity index (χ4v) is 1.88. The van der Waals surface area contributed by atoms with E-state index in [0.717, 1.165) is 12.1 Å². The predicted octanol–water partition coefficient (Wildman–Crippen LogP) is 4.18. The fraction of sp³-hybridized carbons (Fsp3) is 0.143. The Morgan fingerprint density at radius 1 is 1.25 bits per heavy atom. The standard InChI is InChI=1S/C14H9ClF3NO/c15-12-8-19-5-4-9(12)7-13(20)10-2-1-3-11(6-10)14(16,17)18/h1-6,8H,7H2. The molecule has 1 aromatic heterocycles. The second-order valence-electron chi connectivity index (χ2n) is 4.15. The molecule has 20 heavy (non-hydrogen) atoms. The molecule has 6 heteroatoms. The van der Waals surface area contributed by atoms with Gasteiger partial charge in [-0.25, -0.2) is 0 Å². The van der Waals surface area contributed by atoms with Crippen molar-refractivity contribution >= 4 is 17.4 Å². The summed E-state index contributed by atoms with van der Waals surface area (Å²) in [7, 11) is 0. The van der Waals surface area contributed by atoms with Gasteiger partial charge < -0.3 is 0 Å². The normalized spacial score (nSPS) is 11.4. The molecule has 0 bridgehead atoms. The summed E-state index contributed by atoms with van der Waals surface area (Å²) in [5, 5.41) is 0.313. The van der Waals surface area contributed by atoms with E-state index in [1.807, 2.05) is 0 Å². The van der Waals surface area contributed by atoms with E-state index in [1.54, 1.807) is 6.07 Å². The van der Waals surface area contributed by atoms with Crippen molar-refractivity contribution in [2.45, 2.75) is 12.6 Å². The smallest absolute Gasteiger partial charge is 0.294 e. The molecule has 0 fully saturated rings. The number of carbonyl (C=O) groups excluding carboxylic acids is 1. The van der Waals surface area contributed by atoms with Crippen LogP contribution >= 0.6 is 11.6 Å². The van der Waals surface area contributed by atoms with Gasteiger partial charge in [0.2, 0.25) is 0 Å². The van der Waals surface area contributed by atoms with Crippen molar-refractivity contribution < 1.29 is 18.0 Å². The average Bonchev–Trinajstić information content (AvgIpc) is 2.40. The van der Waals surface area contributed by atoms with Crippen molar-refractivity contribution in [1.29, 1.82) is 0 Å². The number of Topliss-reactive ketones (excluding diaryl/α,β-unsaturated/α-hetero) is 1. The lowest BCUT2D eigenvalue weighted by atomic mass is 10.0. The first-order valence-electron chi connectivity index (χ1n) is 5.67. The Balaban J connectivity index is 2.24. The van der Waals surface area contributed by atoms with E-state index in [0.29, 0.717) is 10.6 Å². The molecule has 1 aromatic carbocycles. The summed E-state index contributed by atoms with van der Waals surface area (Å²) in [4.78, 5) is 15.8. The summed E-state index contributed by atoms with van der Waals surface area (Å²) in [5.41, 5.74) is -0.305. The molecule has 104 valence electrons. The molecule has 2 nitrogen and oxygen atoms in total. The molecule has 0 unspecified atom stereocenters. The molecule has 2 rings (SSSR count). The Labute approximate surface area is 118 Å². The van der Waals surface area contributed by atoms with Gasteiger partial charge in [-0.05, 0) is 23.8 Å². The van der Waals surface area contributed by atoms with E-state index in [1.165, 1.54) is 24.5 Å². The molecular weight excluding hydrogens is 291 g/mol. The van der Waals surface area contributed by atoms with E-state index < -0.39 is 17.5 Å². The largest absolute Gasteiger partial charge is 0.416 e. The first-order chi connectivity index (χ1) is 9.38. The number of nitrogens with zero attached hydrogens (tertiary/aromatic N) is 1. The lowest BCUT2D eigenvalue weighted by Gasteiger charge is -2.08. The van der Waals surface area contributed by atoms with Crippen molar-refractivity contribution in [3.8, 4) is 0 Å². The van der Waals surface area contributed by atoms with Crippen LogP contribution in [0.1, 0.15) is 21.5 Å². The van der Waals surface area contributed by atoms with Crippen molar-refractivity contribution in [3.05, 3.63) is 64.4 Å². The molecule has 0 aliphatic carbocycles. The van der Waals surface area contributed by atoms with Crippen LogP contribution in [0.4, 0.5) is 13.2 Å². The Kier molecular flexibility index (Phi) is 4.09. The number of alkyl halides is 3. The summed E-state index contributed by atoms with van der Waals surface area (Å²) in [6, 6.07) is 5.90. The SMILES string of the molecule is O=C(Cc1ccncc1Cl)c1cccc(C(F)(F)F)c1. The predicted molar refractivity (Wildman–Crippen MR) is 68.7 cm³/mol. The maximum atomic E-state index is 12.6. The minimum Gasteiger partial charge on any atom is -0.294 e. The molecular formula is C14H9ClF3NO. The third kappa shape index (κ3) is 3.36. The van der Waals surface area contributed by atoms with E-state index in [4.69, 9.17) is 11.6 Å². The van der Waals surface area contributed by atoms with Crippen molar-refractivity contribution in [1.82, 2.24) is 4.98 Å². The van der Waals surface area contributed by atoms with E-state index in [-0.39, 0.29) is 12.0 Å². The summed E-state index contributed by atoms with van der Waals surface area (Å²) in [5.74, 6) is -0.427. The third-order valence-electron chi connectivity index (χ3n) is 2.72. The maximum Gasteiger partial charge on any atom is 0.416 e. The molecule has 0 spiro atoms. The monoisotopic (exact) mass is 299 g/mol. The number of halogens is 4. The molecule has 0 aliphatic rings. The number of benzene rings is 1. The lowest BCUT2D eigenvalue weighted by Crippen LogP contribution is -2.09. The van der Waals surface area contributed by atoms with E-state index >= 15 is 0 Å². The highest BCUT2D eigenvalue weighted by Gasteiger charge is 2.30. The maximum absolute atomic E-state index is 12.6. The van der Waals surface area contributed by atoms with Crippen LogP contribution < -0.4 is 0 Å². The minimum atomic E-state index is -4.47. The van der Waals surface area contributed by atoms with Gasteiger partial charge in [-0.3, -0.25) is 9.78 Å². The van der Waals surface area contributed by atoms with Crippen LogP contribution in [0.2, 0.25) is 5.02 Å². The quantitative estimate of drug-likeness (QED) is 0.796. The lowest BCUT2D eigenvalue weighted by molar-refractivity contribution is -0.137. The van der Waals surface area contributed by atoms with Gasteiger partial charge >= 0.3 is 6.18 Å². The summed E-state index contributed by atoms with van der Waals surface area (Å²) in [6.45, 7) is 0. The number of aromatic nitrogens is 1. The average molecular weight is 300 g/mol. The molecule has 0 amide bonds. The van der Waals surface area contributed by atoms with Crippen molar-refractivity contribution in [3.63, 3.8) is 0 Å². The molecule has 0 atom stereocenters. The van der Waals surface area contributed by atoms with Crippen molar-refractivity contribution in [2.75, 3.05) is 0 Å². The molecule has 0 aliphatic heterocycles. The fourth-order valence-electron chi connectivity index (χ4n) is 1.69. The van der Waals surface area contributed by atoms with Gasteiger partial charge in [0.25, 0.3) is 0 Å². The first-order valence-corrected chi connectivity index (χ1v) is 6.04. The molecule has 0 saturated carbocycles. The highest BCUT2D eigenvalue weighted by molar-refractivity contribution is 6.31. The number of rotatable bonds is 3. The number of hydrogen-bond donors (Lipinski definition) is 0. The third-order valence-corrected chi connectivity index (χ3v) is 3.06. The van der Waals surface area contributed by atoms with Gasteiger partial charge in [0, 0.05) is 24.4 Å². The zero-order valence-electron chi connectivity index (χ0n) is 10.1. The van der Waals surface area contributed by atoms with Crippen LogP contribution in [-0.4, -0.2) is 10.8 Å². The van der Waals surface area contributed by atoms with E-state index in [9.17, 15) is 18.0 Å². The second-order valence-corrected chi connectivity index (χ2v) is 4.55. The first kappa shape index (κ1) is 14.5. The minimum absolute atomic E-state index is 0.00713. The van der Waals surface area contributed by atoms with Crippen LogP contribution in [0.25, 0.3) is 0 Å². The molecule has 0 N–H and O–H groups in total. The molecule has 2 aromatic rings. The van der Waals surface area contributed by atoms with Crippen LogP contribution in [0.5, 0.6) is 0 Å². The highest BCUT2D eigenvalue weighted by atomic mass is 35.5. The molecule has 0 radical (unpaired) electrons. The van der Waals surface area contributed by atoms with E-state index in [2.05, 4.69) is 4.98 Å². The number of hydrogen-bond acceptors (Lipinski definition) is 2. The van der Waals surface area contributed by atoms with Gasteiger partial charge in [-0.2, -0.15) is 13.2 Å². The Morgan fingerprint density at radius 2 is 2.00 bits per heavy atom. The van der Waals surface area contributed by atoms with Crippen LogP contribution in [-0.2, 0) is 12.6 Å². The second kappa shape index (κ2) is 5.63. The van der Waals surface area contributed by atoms with Gasteiger partial charge in [-0.15, -0.1) is 0 Å². The van der Waals surface area contributed by atoms with Crippen LogP contribution in [0, 0.1) is 0 Å². The topological polar surface area (TPSA) is 30.0 Å². The number of carbonyl (C=O) groups is 1. The zero-order chi connectivity index (χ0) is 14.8. The van der Waals surface area contributed by atoms with Gasteiger partial charge in [0.05, 0.1) is 10.6 Å². The molecule has 0 saturated heterocycles. The van der Waals surface area contributed by atoms with Gasteiger partial charge in [0.1, 0.15) is 0 Å². The Hall–Kier alpha value is -1.88.